The molecule has 15 heavy (non-hydrogen) atoms. The molecule has 0 aromatic carbocycles. The Morgan fingerprint density at radius 1 is 1.53 bits per heavy atom. The maximum atomic E-state index is 11.7. The molecule has 0 aliphatic carbocycles. The van der Waals surface area contributed by atoms with Crippen LogP contribution >= 0.6 is 0 Å². The van der Waals surface area contributed by atoms with Crippen LogP contribution in [0.5, 0.6) is 0 Å². The summed E-state index contributed by atoms with van der Waals surface area (Å²) in [6, 6.07) is 2.07. The molecule has 0 unspecified atom stereocenters. The van der Waals surface area contributed by atoms with E-state index in [1.807, 2.05) is 7.05 Å². The van der Waals surface area contributed by atoms with Gasteiger partial charge < -0.3 is 10.2 Å². The average molecular weight is 211 g/mol. The molecular formula is C11H21N3O. The first-order valence-electron chi connectivity index (χ1n) is 5.41. The molecule has 0 fully saturated rings. The summed E-state index contributed by atoms with van der Waals surface area (Å²) < 4.78 is 0. The molecular weight excluding hydrogens is 190 g/mol. The molecule has 0 aliphatic rings. The van der Waals surface area contributed by atoms with Gasteiger partial charge in [-0.05, 0) is 13.0 Å². The van der Waals surface area contributed by atoms with Crippen molar-refractivity contribution in [3.63, 3.8) is 0 Å². The first-order chi connectivity index (χ1) is 7.11. The third kappa shape index (κ3) is 6.92. The van der Waals surface area contributed by atoms with Gasteiger partial charge in [0.2, 0.25) is 5.91 Å². The Hall–Kier alpha value is -1.08. The molecule has 0 bridgehead atoms. The summed E-state index contributed by atoms with van der Waals surface area (Å²) in [5.41, 5.74) is 0. The predicted molar refractivity (Wildman–Crippen MR) is 60.2 cm³/mol. The monoisotopic (exact) mass is 211 g/mol. The summed E-state index contributed by atoms with van der Waals surface area (Å²) in [6.45, 7) is 6.14. The largest absolute Gasteiger partial charge is 0.341 e. The summed E-state index contributed by atoms with van der Waals surface area (Å²) in [5.74, 6) is 0.579. The summed E-state index contributed by atoms with van der Waals surface area (Å²) in [7, 11) is 1.83. The van der Waals surface area contributed by atoms with Crippen molar-refractivity contribution in [2.24, 2.45) is 5.92 Å². The van der Waals surface area contributed by atoms with Gasteiger partial charge >= 0.3 is 0 Å². The van der Waals surface area contributed by atoms with Gasteiger partial charge in [-0.2, -0.15) is 5.26 Å². The Labute approximate surface area is 92.3 Å². The van der Waals surface area contributed by atoms with Gasteiger partial charge in [0.1, 0.15) is 0 Å². The standard InChI is InChI=1S/C11H21N3O/c1-10(2)9-14(8-4-6-12)11(15)5-7-13-3/h10,13H,4-5,7-9H2,1-3H3. The lowest BCUT2D eigenvalue weighted by Crippen LogP contribution is -2.36. The van der Waals surface area contributed by atoms with Crippen LogP contribution in [0, 0.1) is 17.2 Å². The molecule has 0 aromatic heterocycles. The van der Waals surface area contributed by atoms with Gasteiger partial charge in [-0.1, -0.05) is 13.8 Å². The van der Waals surface area contributed by atoms with Crippen LogP contribution < -0.4 is 5.32 Å². The molecule has 0 aliphatic heterocycles. The number of nitrogens with one attached hydrogen (secondary N) is 1. The second-order valence-corrected chi connectivity index (χ2v) is 4.00. The SMILES string of the molecule is CNCCC(=O)N(CCC#N)CC(C)C. The molecule has 0 saturated heterocycles. The van der Waals surface area contributed by atoms with Crippen LogP contribution in [0.4, 0.5) is 0 Å². The minimum Gasteiger partial charge on any atom is -0.341 e. The lowest BCUT2D eigenvalue weighted by atomic mass is 10.2. The summed E-state index contributed by atoms with van der Waals surface area (Å²) in [4.78, 5) is 13.5. The Bertz CT molecular complexity index is 220. The second kappa shape index (κ2) is 8.25. The smallest absolute Gasteiger partial charge is 0.223 e. The molecule has 0 spiro atoms. The van der Waals surface area contributed by atoms with Crippen molar-refractivity contribution in [3.8, 4) is 6.07 Å². The highest BCUT2D eigenvalue weighted by atomic mass is 16.2. The fourth-order valence-corrected chi connectivity index (χ4v) is 1.33. The van der Waals surface area contributed by atoms with Crippen molar-refractivity contribution in [1.82, 2.24) is 10.2 Å². The minimum atomic E-state index is 0.133. The van der Waals surface area contributed by atoms with E-state index in [0.717, 1.165) is 6.54 Å². The van der Waals surface area contributed by atoms with E-state index in [1.165, 1.54) is 0 Å². The zero-order valence-electron chi connectivity index (χ0n) is 9.92. The number of hydrogen-bond acceptors (Lipinski definition) is 3. The van der Waals surface area contributed by atoms with Gasteiger partial charge in [0.25, 0.3) is 0 Å². The fourth-order valence-electron chi connectivity index (χ4n) is 1.33. The van der Waals surface area contributed by atoms with Gasteiger partial charge in [-0.3, -0.25) is 4.79 Å². The zero-order valence-corrected chi connectivity index (χ0v) is 9.92. The highest BCUT2D eigenvalue weighted by molar-refractivity contribution is 5.76. The molecule has 86 valence electrons. The van der Waals surface area contributed by atoms with Crippen LogP contribution in [0.25, 0.3) is 0 Å². The van der Waals surface area contributed by atoms with Gasteiger partial charge in [0.05, 0.1) is 12.5 Å². The van der Waals surface area contributed by atoms with Crippen LogP contribution in [0.15, 0.2) is 0 Å². The molecule has 0 saturated carbocycles. The number of rotatable bonds is 7. The highest BCUT2D eigenvalue weighted by Gasteiger charge is 2.13. The van der Waals surface area contributed by atoms with E-state index >= 15 is 0 Å². The van der Waals surface area contributed by atoms with Crippen LogP contribution in [0.2, 0.25) is 0 Å². The van der Waals surface area contributed by atoms with Crippen LogP contribution in [-0.4, -0.2) is 37.5 Å². The molecule has 1 amide bonds. The third-order valence-electron chi connectivity index (χ3n) is 2.02. The Balaban J connectivity index is 4.09. The molecule has 0 rings (SSSR count). The van der Waals surface area contributed by atoms with Crippen LogP contribution in [-0.2, 0) is 4.79 Å². The molecule has 1 N–H and O–H groups in total. The molecule has 0 radical (unpaired) electrons. The molecule has 4 nitrogen and oxygen atoms in total. The lowest BCUT2D eigenvalue weighted by Gasteiger charge is -2.23. The van der Waals surface area contributed by atoms with E-state index in [0.29, 0.717) is 31.8 Å². The van der Waals surface area contributed by atoms with Crippen molar-refractivity contribution in [3.05, 3.63) is 0 Å². The number of carbonyl (C=O) groups is 1. The van der Waals surface area contributed by atoms with Crippen molar-refractivity contribution in [1.29, 1.82) is 5.26 Å². The van der Waals surface area contributed by atoms with Crippen molar-refractivity contribution >= 4 is 5.91 Å². The molecule has 0 atom stereocenters. The van der Waals surface area contributed by atoms with Crippen LogP contribution in [0.1, 0.15) is 26.7 Å². The van der Waals surface area contributed by atoms with E-state index in [4.69, 9.17) is 5.26 Å². The van der Waals surface area contributed by atoms with E-state index in [9.17, 15) is 4.79 Å². The minimum absolute atomic E-state index is 0.133. The Morgan fingerprint density at radius 2 is 2.20 bits per heavy atom. The average Bonchev–Trinajstić information content (AvgIpc) is 2.20. The van der Waals surface area contributed by atoms with Gasteiger partial charge in [0.15, 0.2) is 0 Å². The predicted octanol–water partition coefficient (Wildman–Crippen LogP) is 0.994. The van der Waals surface area contributed by atoms with Crippen molar-refractivity contribution in [2.75, 3.05) is 26.7 Å². The number of nitrogens with zero attached hydrogens (tertiary/aromatic N) is 2. The quantitative estimate of drug-likeness (QED) is 0.683. The lowest BCUT2D eigenvalue weighted by molar-refractivity contribution is -0.131. The van der Waals surface area contributed by atoms with E-state index in [2.05, 4.69) is 25.2 Å². The Kier molecular flexibility index (Phi) is 7.65. The number of nitriles is 1. The van der Waals surface area contributed by atoms with E-state index in [1.54, 1.807) is 4.90 Å². The van der Waals surface area contributed by atoms with Gasteiger partial charge in [-0.25, -0.2) is 0 Å². The van der Waals surface area contributed by atoms with Gasteiger partial charge in [0, 0.05) is 26.1 Å². The maximum absolute atomic E-state index is 11.7. The first kappa shape index (κ1) is 13.9. The van der Waals surface area contributed by atoms with Gasteiger partial charge in [-0.15, -0.1) is 0 Å². The zero-order chi connectivity index (χ0) is 11.7. The normalized spacial score (nSPS) is 10.1. The second-order valence-electron chi connectivity index (χ2n) is 4.00. The molecule has 4 heteroatoms. The highest BCUT2D eigenvalue weighted by Crippen LogP contribution is 2.02. The number of amides is 1. The van der Waals surface area contributed by atoms with E-state index < -0.39 is 0 Å². The summed E-state index contributed by atoms with van der Waals surface area (Å²) in [5, 5.41) is 11.5. The summed E-state index contributed by atoms with van der Waals surface area (Å²) >= 11 is 0. The maximum Gasteiger partial charge on any atom is 0.223 e. The Morgan fingerprint density at radius 3 is 2.67 bits per heavy atom. The summed E-state index contributed by atoms with van der Waals surface area (Å²) in [6.07, 6.45) is 0.923. The first-order valence-corrected chi connectivity index (χ1v) is 5.41. The van der Waals surface area contributed by atoms with Crippen molar-refractivity contribution < 1.29 is 4.79 Å². The third-order valence-corrected chi connectivity index (χ3v) is 2.02. The van der Waals surface area contributed by atoms with Crippen LogP contribution in [0.3, 0.4) is 0 Å². The van der Waals surface area contributed by atoms with E-state index in [-0.39, 0.29) is 5.91 Å². The topological polar surface area (TPSA) is 56.1 Å². The number of carbonyl (C=O) groups excluding carboxylic acids is 1. The molecule has 0 heterocycles. The number of hydrogen-bond donors (Lipinski definition) is 1. The van der Waals surface area contributed by atoms with Crippen molar-refractivity contribution in [2.45, 2.75) is 26.7 Å². The molecule has 0 aromatic rings. The fraction of sp³-hybridized carbons (Fsp3) is 0.818.